The Morgan fingerprint density at radius 1 is 0.870 bits per heavy atom. The van der Waals surface area contributed by atoms with Gasteiger partial charge in [-0.05, 0) is 43.3 Å². The average Bonchev–Trinajstić information content (AvgIpc) is 2.57. The van der Waals surface area contributed by atoms with Gasteiger partial charge in [-0.25, -0.2) is 4.39 Å². The summed E-state index contributed by atoms with van der Waals surface area (Å²) in [5.74, 6) is 1.34. The Balaban J connectivity index is 1.81. The molecule has 114 valence electrons. The lowest BCUT2D eigenvalue weighted by molar-refractivity contribution is 0.456. The lowest BCUT2D eigenvalue weighted by Crippen LogP contribution is -2.08. The molecule has 4 rings (SSSR count). The van der Waals surface area contributed by atoms with Gasteiger partial charge in [0.15, 0.2) is 0 Å². The van der Waals surface area contributed by atoms with Crippen LogP contribution in [0.4, 0.5) is 4.39 Å². The molecule has 3 aromatic carbocycles. The smallest absolute Gasteiger partial charge is 0.132 e. The molecular formula is C20H15FOS. The zero-order valence-corrected chi connectivity index (χ0v) is 13.4. The molecule has 1 atom stereocenters. The second kappa shape index (κ2) is 5.74. The maximum Gasteiger partial charge on any atom is 0.132 e. The lowest BCUT2D eigenvalue weighted by Gasteiger charge is -2.27. The molecule has 23 heavy (non-hydrogen) atoms. The molecule has 0 aliphatic carbocycles. The van der Waals surface area contributed by atoms with Crippen molar-refractivity contribution in [3.8, 4) is 11.5 Å². The zero-order valence-electron chi connectivity index (χ0n) is 12.6. The van der Waals surface area contributed by atoms with E-state index in [1.807, 2.05) is 18.2 Å². The van der Waals surface area contributed by atoms with E-state index in [1.165, 1.54) is 11.6 Å². The van der Waals surface area contributed by atoms with Gasteiger partial charge in [-0.3, -0.25) is 0 Å². The van der Waals surface area contributed by atoms with Gasteiger partial charge in [0.05, 0.1) is 5.25 Å². The molecular weight excluding hydrogens is 307 g/mol. The van der Waals surface area contributed by atoms with Crippen LogP contribution in [0, 0.1) is 12.7 Å². The summed E-state index contributed by atoms with van der Waals surface area (Å²) >= 11 is 1.72. The van der Waals surface area contributed by atoms with Crippen molar-refractivity contribution in [1.29, 1.82) is 0 Å². The molecule has 3 aromatic rings. The Kier molecular flexibility index (Phi) is 3.58. The highest BCUT2D eigenvalue weighted by Crippen LogP contribution is 2.51. The third kappa shape index (κ3) is 2.73. The fourth-order valence-corrected chi connectivity index (χ4v) is 3.97. The minimum Gasteiger partial charge on any atom is -0.457 e. The summed E-state index contributed by atoms with van der Waals surface area (Å²) in [6, 6.07) is 21.1. The first-order chi connectivity index (χ1) is 11.2. The van der Waals surface area contributed by atoms with Crippen molar-refractivity contribution in [3.63, 3.8) is 0 Å². The molecule has 0 amide bonds. The maximum atomic E-state index is 13.8. The molecule has 0 fully saturated rings. The summed E-state index contributed by atoms with van der Waals surface area (Å²) < 4.78 is 19.7. The fraction of sp³-hybridized carbons (Fsp3) is 0.100. The predicted molar refractivity (Wildman–Crippen MR) is 91.8 cm³/mol. The molecule has 0 saturated carbocycles. The zero-order chi connectivity index (χ0) is 15.8. The number of fused-ring (bicyclic) bond motifs is 2. The third-order valence-corrected chi connectivity index (χ3v) is 5.24. The minimum absolute atomic E-state index is 0.0216. The SMILES string of the molecule is Cc1ccc(S[C@H]2c3ccccc3Oc3ccc(F)cc32)cc1. The molecule has 1 nitrogen and oxygen atoms in total. The first kappa shape index (κ1) is 14.3. The molecule has 0 unspecified atom stereocenters. The summed E-state index contributed by atoms with van der Waals surface area (Å²) in [5, 5.41) is 0.0216. The van der Waals surface area contributed by atoms with E-state index in [9.17, 15) is 4.39 Å². The summed E-state index contributed by atoms with van der Waals surface area (Å²) in [6.07, 6.45) is 0. The van der Waals surface area contributed by atoms with E-state index in [0.29, 0.717) is 0 Å². The molecule has 3 heteroatoms. The van der Waals surface area contributed by atoms with Crippen LogP contribution in [0.15, 0.2) is 71.6 Å². The van der Waals surface area contributed by atoms with E-state index in [2.05, 4.69) is 37.3 Å². The van der Waals surface area contributed by atoms with Crippen LogP contribution in [0.25, 0.3) is 0 Å². The molecule has 0 N–H and O–H groups in total. The molecule has 1 heterocycles. The third-order valence-electron chi connectivity index (χ3n) is 3.95. The normalized spacial score (nSPS) is 15.5. The minimum atomic E-state index is -0.235. The van der Waals surface area contributed by atoms with Crippen LogP contribution in [0.2, 0.25) is 0 Å². The number of aryl methyl sites for hydroxylation is 1. The van der Waals surface area contributed by atoms with E-state index < -0.39 is 0 Å². The second-order valence-corrected chi connectivity index (χ2v) is 6.81. The molecule has 0 bridgehead atoms. The Morgan fingerprint density at radius 3 is 2.43 bits per heavy atom. The molecule has 1 aliphatic heterocycles. The molecule has 0 saturated heterocycles. The number of halogens is 1. The van der Waals surface area contributed by atoms with Crippen LogP contribution in [0.3, 0.4) is 0 Å². The van der Waals surface area contributed by atoms with Crippen molar-refractivity contribution >= 4 is 11.8 Å². The van der Waals surface area contributed by atoms with Crippen LogP contribution >= 0.6 is 11.8 Å². The van der Waals surface area contributed by atoms with E-state index in [-0.39, 0.29) is 11.1 Å². The Morgan fingerprint density at radius 2 is 1.61 bits per heavy atom. The van der Waals surface area contributed by atoms with Crippen LogP contribution < -0.4 is 4.74 Å². The van der Waals surface area contributed by atoms with Crippen molar-refractivity contribution < 1.29 is 9.13 Å². The molecule has 0 radical (unpaired) electrons. The van der Waals surface area contributed by atoms with Crippen molar-refractivity contribution in [2.45, 2.75) is 17.1 Å². The van der Waals surface area contributed by atoms with Gasteiger partial charge in [0.2, 0.25) is 0 Å². The fourth-order valence-electron chi connectivity index (χ4n) is 2.77. The summed E-state index contributed by atoms with van der Waals surface area (Å²) in [6.45, 7) is 2.07. The first-order valence-electron chi connectivity index (χ1n) is 7.50. The number of ether oxygens (including phenoxy) is 1. The van der Waals surface area contributed by atoms with Crippen molar-refractivity contribution in [2.24, 2.45) is 0 Å². The highest BCUT2D eigenvalue weighted by atomic mass is 32.2. The van der Waals surface area contributed by atoms with Gasteiger partial charge in [-0.1, -0.05) is 35.9 Å². The highest BCUT2D eigenvalue weighted by molar-refractivity contribution is 7.99. The van der Waals surface area contributed by atoms with Gasteiger partial charge in [0.1, 0.15) is 17.3 Å². The number of benzene rings is 3. The average molecular weight is 322 g/mol. The molecule has 0 aromatic heterocycles. The number of hydrogen-bond acceptors (Lipinski definition) is 2. The molecule has 0 spiro atoms. The van der Waals surface area contributed by atoms with Gasteiger partial charge >= 0.3 is 0 Å². The second-order valence-electron chi connectivity index (χ2n) is 5.63. The standard InChI is InChI=1S/C20H15FOS/c1-13-6-9-15(10-7-13)23-20-16-4-2-3-5-18(16)22-19-11-8-14(21)12-17(19)20/h2-12,20H,1H3/t20-/m0/s1. The van der Waals surface area contributed by atoms with Gasteiger partial charge in [0.25, 0.3) is 0 Å². The number of hydrogen-bond donors (Lipinski definition) is 0. The van der Waals surface area contributed by atoms with E-state index in [1.54, 1.807) is 23.9 Å². The topological polar surface area (TPSA) is 9.23 Å². The van der Waals surface area contributed by atoms with Gasteiger partial charge in [0, 0.05) is 16.0 Å². The van der Waals surface area contributed by atoms with E-state index >= 15 is 0 Å². The molecule has 1 aliphatic rings. The monoisotopic (exact) mass is 322 g/mol. The van der Waals surface area contributed by atoms with Crippen LogP contribution in [-0.4, -0.2) is 0 Å². The summed E-state index contributed by atoms with van der Waals surface area (Å²) in [7, 11) is 0. The number of thioether (sulfide) groups is 1. The Bertz CT molecular complexity index is 858. The van der Waals surface area contributed by atoms with Gasteiger partial charge < -0.3 is 4.74 Å². The maximum absolute atomic E-state index is 13.8. The van der Waals surface area contributed by atoms with E-state index in [0.717, 1.165) is 27.5 Å². The highest BCUT2D eigenvalue weighted by Gasteiger charge is 2.28. The number of para-hydroxylation sites is 1. The summed E-state index contributed by atoms with van der Waals surface area (Å²) in [5.41, 5.74) is 3.19. The summed E-state index contributed by atoms with van der Waals surface area (Å²) in [4.78, 5) is 1.16. The number of rotatable bonds is 2. The van der Waals surface area contributed by atoms with Crippen LogP contribution in [0.1, 0.15) is 21.9 Å². The Labute approximate surface area is 139 Å². The van der Waals surface area contributed by atoms with Crippen molar-refractivity contribution in [3.05, 3.63) is 89.2 Å². The van der Waals surface area contributed by atoms with Crippen LogP contribution in [-0.2, 0) is 0 Å². The van der Waals surface area contributed by atoms with Gasteiger partial charge in [-0.15, -0.1) is 11.8 Å². The lowest BCUT2D eigenvalue weighted by atomic mass is 10.00. The predicted octanol–water partition coefficient (Wildman–Crippen LogP) is 6.12. The Hall–Kier alpha value is -2.26. The van der Waals surface area contributed by atoms with Gasteiger partial charge in [-0.2, -0.15) is 0 Å². The first-order valence-corrected chi connectivity index (χ1v) is 8.38. The van der Waals surface area contributed by atoms with Crippen molar-refractivity contribution in [1.82, 2.24) is 0 Å². The van der Waals surface area contributed by atoms with E-state index in [4.69, 9.17) is 4.74 Å². The van der Waals surface area contributed by atoms with Crippen LogP contribution in [0.5, 0.6) is 11.5 Å². The van der Waals surface area contributed by atoms with Crippen molar-refractivity contribution in [2.75, 3.05) is 0 Å². The quantitative estimate of drug-likeness (QED) is 0.562. The largest absolute Gasteiger partial charge is 0.457 e.